The van der Waals surface area contributed by atoms with Gasteiger partial charge in [0.15, 0.2) is 5.96 Å². The molecule has 1 aromatic carbocycles. The first-order valence-electron chi connectivity index (χ1n) is 10.9. The van der Waals surface area contributed by atoms with E-state index < -0.39 is 0 Å². The molecule has 1 aromatic rings. The number of nitrogens with zero attached hydrogens (tertiary/aromatic N) is 3. The first-order valence-corrected chi connectivity index (χ1v) is 10.9. The summed E-state index contributed by atoms with van der Waals surface area (Å²) in [5.74, 6) is 2.64. The Balaban J connectivity index is 0.00000341. The fraction of sp³-hybridized carbons (Fsp3) is 0.636. The Hall–Kier alpha value is -1.75. The minimum atomic E-state index is -0.233. The Bertz CT molecular complexity index is 705. The fourth-order valence-corrected chi connectivity index (χ4v) is 3.67. The lowest BCUT2D eigenvalue weighted by atomic mass is 10.2. The normalized spacial score (nSPS) is 19.0. The van der Waals surface area contributed by atoms with Gasteiger partial charge in [0.25, 0.3) is 5.91 Å². The maximum atomic E-state index is 12.5. The molecule has 0 radical (unpaired) electrons. The number of nitrogens with one attached hydrogen (secondary N) is 1. The zero-order valence-electron chi connectivity index (χ0n) is 18.5. The molecule has 2 aliphatic rings. The van der Waals surface area contributed by atoms with Crippen LogP contribution in [0.3, 0.4) is 0 Å². The summed E-state index contributed by atoms with van der Waals surface area (Å²) >= 11 is 0. The number of amides is 1. The van der Waals surface area contributed by atoms with Gasteiger partial charge in [-0.15, -0.1) is 24.0 Å². The summed E-state index contributed by atoms with van der Waals surface area (Å²) in [6, 6.07) is 7.62. The number of carbonyl (C=O) groups excluding carboxylic acids is 1. The largest absolute Gasteiger partial charge is 0.497 e. The van der Waals surface area contributed by atoms with Crippen molar-refractivity contribution in [1.29, 1.82) is 0 Å². The summed E-state index contributed by atoms with van der Waals surface area (Å²) in [6.07, 6.45) is 2.42. The second-order valence-corrected chi connectivity index (χ2v) is 7.43. The monoisotopic (exact) mass is 546 g/mol. The smallest absolute Gasteiger partial charge is 0.251 e. The molecule has 0 spiro atoms. The first kappa shape index (κ1) is 25.5. The molecule has 0 aromatic heterocycles. The van der Waals surface area contributed by atoms with Crippen molar-refractivity contribution in [2.45, 2.75) is 32.3 Å². The van der Waals surface area contributed by atoms with Crippen molar-refractivity contribution in [3.63, 3.8) is 0 Å². The Morgan fingerprint density at radius 1 is 1.23 bits per heavy atom. The number of aliphatic imine (C=N–C) groups is 1. The summed E-state index contributed by atoms with van der Waals surface area (Å²) in [5.41, 5.74) is 0. The average Bonchev–Trinajstić information content (AvgIpc) is 3.33. The topological polar surface area (TPSA) is 75.6 Å². The van der Waals surface area contributed by atoms with E-state index in [4.69, 9.17) is 19.2 Å². The maximum Gasteiger partial charge on any atom is 0.251 e. The highest BCUT2D eigenvalue weighted by Crippen LogP contribution is 2.19. The molecule has 2 aliphatic heterocycles. The molecule has 1 atom stereocenters. The molecule has 8 nitrogen and oxygen atoms in total. The van der Waals surface area contributed by atoms with Crippen molar-refractivity contribution in [3.05, 3.63) is 24.3 Å². The lowest BCUT2D eigenvalue weighted by Crippen LogP contribution is -2.55. The van der Waals surface area contributed by atoms with Crippen molar-refractivity contribution >= 4 is 35.8 Å². The zero-order valence-corrected chi connectivity index (χ0v) is 20.9. The molecule has 1 N–H and O–H groups in total. The lowest BCUT2D eigenvalue weighted by Gasteiger charge is -2.37. The third kappa shape index (κ3) is 7.71. The van der Waals surface area contributed by atoms with Gasteiger partial charge in [0.1, 0.15) is 17.6 Å². The number of rotatable bonds is 8. The molecule has 2 heterocycles. The first-order chi connectivity index (χ1) is 14.7. The number of hydrogen-bond donors (Lipinski definition) is 1. The van der Waals surface area contributed by atoms with Crippen LogP contribution in [0.25, 0.3) is 0 Å². The summed E-state index contributed by atoms with van der Waals surface area (Å²) in [7, 11) is 1.65. The van der Waals surface area contributed by atoms with Gasteiger partial charge in [0.05, 0.1) is 13.7 Å². The molecule has 1 amide bonds. The summed E-state index contributed by atoms with van der Waals surface area (Å²) in [4.78, 5) is 21.4. The quantitative estimate of drug-likeness (QED) is 0.234. The maximum absolute atomic E-state index is 12.5. The van der Waals surface area contributed by atoms with E-state index >= 15 is 0 Å². The Labute approximate surface area is 202 Å². The number of guanidine groups is 1. The van der Waals surface area contributed by atoms with E-state index in [9.17, 15) is 4.79 Å². The van der Waals surface area contributed by atoms with Gasteiger partial charge in [0.2, 0.25) is 0 Å². The number of ether oxygens (including phenoxy) is 3. The van der Waals surface area contributed by atoms with E-state index in [1.807, 2.05) is 29.2 Å². The third-order valence-electron chi connectivity index (χ3n) is 5.30. The van der Waals surface area contributed by atoms with Crippen LogP contribution in [-0.2, 0) is 9.53 Å². The van der Waals surface area contributed by atoms with Crippen LogP contribution in [0.1, 0.15) is 26.2 Å². The van der Waals surface area contributed by atoms with E-state index in [-0.39, 0.29) is 36.0 Å². The van der Waals surface area contributed by atoms with Gasteiger partial charge in [-0.1, -0.05) is 6.07 Å². The van der Waals surface area contributed by atoms with E-state index in [0.717, 1.165) is 56.4 Å². The third-order valence-corrected chi connectivity index (χ3v) is 5.30. The van der Waals surface area contributed by atoms with E-state index in [1.165, 1.54) is 0 Å². The van der Waals surface area contributed by atoms with Gasteiger partial charge in [-0.2, -0.15) is 0 Å². The Kier molecular flexibility index (Phi) is 11.2. The van der Waals surface area contributed by atoms with Gasteiger partial charge in [-0.3, -0.25) is 9.79 Å². The highest BCUT2D eigenvalue weighted by Gasteiger charge is 2.30. The SMILES string of the molecule is CCNC(=NCCCOc1cccc(OC)c1)N1CCN(C(=O)C2CCCO2)CC1.I. The van der Waals surface area contributed by atoms with Crippen molar-refractivity contribution in [2.75, 3.05) is 59.6 Å². The molecule has 1 unspecified atom stereocenters. The highest BCUT2D eigenvalue weighted by molar-refractivity contribution is 14.0. The molecule has 3 rings (SSSR count). The van der Waals surface area contributed by atoms with Crippen LogP contribution in [0.15, 0.2) is 29.3 Å². The van der Waals surface area contributed by atoms with Crippen LogP contribution < -0.4 is 14.8 Å². The number of hydrogen-bond acceptors (Lipinski definition) is 5. The van der Waals surface area contributed by atoms with Crippen molar-refractivity contribution in [2.24, 2.45) is 4.99 Å². The molecule has 9 heteroatoms. The van der Waals surface area contributed by atoms with Gasteiger partial charge in [-0.25, -0.2) is 0 Å². The second-order valence-electron chi connectivity index (χ2n) is 7.43. The molecular weight excluding hydrogens is 511 g/mol. The van der Waals surface area contributed by atoms with Crippen molar-refractivity contribution < 1.29 is 19.0 Å². The highest BCUT2D eigenvalue weighted by atomic mass is 127. The van der Waals surface area contributed by atoms with Gasteiger partial charge in [-0.05, 0) is 31.9 Å². The fourth-order valence-electron chi connectivity index (χ4n) is 3.67. The van der Waals surface area contributed by atoms with Gasteiger partial charge >= 0.3 is 0 Å². The molecule has 2 saturated heterocycles. The van der Waals surface area contributed by atoms with Crippen molar-refractivity contribution in [3.8, 4) is 11.5 Å². The number of piperazine rings is 1. The van der Waals surface area contributed by atoms with Gasteiger partial charge in [0, 0.05) is 58.4 Å². The Morgan fingerprint density at radius 3 is 2.65 bits per heavy atom. The number of halogens is 1. The lowest BCUT2D eigenvalue weighted by molar-refractivity contribution is -0.142. The Morgan fingerprint density at radius 2 is 1.97 bits per heavy atom. The predicted octanol–water partition coefficient (Wildman–Crippen LogP) is 2.37. The second kappa shape index (κ2) is 13.6. The molecular formula is C22H35IN4O4. The standard InChI is InChI=1S/C22H34N4O4.HI/c1-3-23-22(24-10-6-16-29-19-8-4-7-18(17-19)28-2)26-13-11-25(12-14-26)21(27)20-9-5-15-30-20;/h4,7-8,17,20H,3,5-6,9-16H2,1-2H3,(H,23,24);1H. The number of carbonyl (C=O) groups is 1. The minimum absolute atomic E-state index is 0. The average molecular weight is 546 g/mol. The van der Waals surface area contributed by atoms with Crippen LogP contribution in [0.2, 0.25) is 0 Å². The van der Waals surface area contributed by atoms with Crippen LogP contribution in [-0.4, -0.2) is 87.4 Å². The van der Waals surface area contributed by atoms with Crippen LogP contribution in [0.4, 0.5) is 0 Å². The zero-order chi connectivity index (χ0) is 21.2. The molecule has 2 fully saturated rings. The van der Waals surface area contributed by atoms with Gasteiger partial charge < -0.3 is 29.3 Å². The molecule has 31 heavy (non-hydrogen) atoms. The molecule has 0 bridgehead atoms. The van der Waals surface area contributed by atoms with Crippen LogP contribution >= 0.6 is 24.0 Å². The number of benzene rings is 1. The van der Waals surface area contributed by atoms with Crippen LogP contribution in [0, 0.1) is 0 Å². The molecule has 0 saturated carbocycles. The molecule has 174 valence electrons. The van der Waals surface area contributed by atoms with E-state index in [2.05, 4.69) is 17.1 Å². The van der Waals surface area contributed by atoms with Crippen molar-refractivity contribution in [1.82, 2.24) is 15.1 Å². The predicted molar refractivity (Wildman–Crippen MR) is 132 cm³/mol. The summed E-state index contributed by atoms with van der Waals surface area (Å²) in [6.45, 7) is 7.85. The van der Waals surface area contributed by atoms with E-state index in [0.29, 0.717) is 32.8 Å². The molecule has 0 aliphatic carbocycles. The summed E-state index contributed by atoms with van der Waals surface area (Å²) < 4.78 is 16.5. The van der Waals surface area contributed by atoms with E-state index in [1.54, 1.807) is 7.11 Å². The summed E-state index contributed by atoms with van der Waals surface area (Å²) in [5, 5.41) is 3.37. The van der Waals surface area contributed by atoms with Crippen LogP contribution in [0.5, 0.6) is 11.5 Å². The number of methoxy groups -OCH3 is 1. The minimum Gasteiger partial charge on any atom is -0.497 e.